The van der Waals surface area contributed by atoms with Gasteiger partial charge in [0.2, 0.25) is 0 Å². The van der Waals surface area contributed by atoms with Gasteiger partial charge in [-0.15, -0.1) is 0 Å². The molecule has 0 radical (unpaired) electrons. The number of nitrogen functional groups attached to an aromatic ring is 1. The predicted octanol–water partition coefficient (Wildman–Crippen LogP) is 0.315. The summed E-state index contributed by atoms with van der Waals surface area (Å²) in [6.07, 6.45) is 0. The van der Waals surface area contributed by atoms with Gasteiger partial charge in [-0.05, 0) is 18.2 Å². The van der Waals surface area contributed by atoms with Crippen molar-refractivity contribution in [2.45, 2.75) is 0 Å². The second-order valence-corrected chi connectivity index (χ2v) is 2.50. The van der Waals surface area contributed by atoms with Crippen LogP contribution in [0.1, 0.15) is 15.9 Å². The summed E-state index contributed by atoms with van der Waals surface area (Å²) in [4.78, 5) is 11.0. The van der Waals surface area contributed by atoms with Gasteiger partial charge >= 0.3 is 0 Å². The van der Waals surface area contributed by atoms with Crippen molar-refractivity contribution in [3.8, 4) is 6.07 Å². The maximum Gasteiger partial charge on any atom is 0.188 e. The Hall–Kier alpha value is -1.86. The first-order valence-corrected chi connectivity index (χ1v) is 3.62. The largest absolute Gasteiger partial charge is 0.398 e. The van der Waals surface area contributed by atoms with Crippen molar-refractivity contribution in [2.24, 2.45) is 0 Å². The number of aliphatic hydroxyl groups is 1. The molecule has 0 aliphatic rings. The summed E-state index contributed by atoms with van der Waals surface area (Å²) in [6, 6.07) is 6.18. The van der Waals surface area contributed by atoms with E-state index in [-0.39, 0.29) is 5.56 Å². The van der Waals surface area contributed by atoms with E-state index in [0.29, 0.717) is 11.3 Å². The molecule has 1 rings (SSSR count). The molecule has 1 aromatic rings. The van der Waals surface area contributed by atoms with Crippen LogP contribution >= 0.6 is 0 Å². The maximum absolute atomic E-state index is 11.0. The van der Waals surface area contributed by atoms with E-state index in [9.17, 15) is 4.79 Å². The highest BCUT2D eigenvalue weighted by molar-refractivity contribution is 5.97. The molecule has 4 heteroatoms. The number of Topliss-reactive ketones (excluding diaryl/α,β-unsaturated/α-hetero) is 1. The average Bonchev–Trinajstić information content (AvgIpc) is 2.17. The summed E-state index contributed by atoms with van der Waals surface area (Å²) < 4.78 is 0. The summed E-state index contributed by atoms with van der Waals surface area (Å²) in [7, 11) is 0. The van der Waals surface area contributed by atoms with Gasteiger partial charge in [-0.3, -0.25) is 4.79 Å². The number of aliphatic hydroxyl groups excluding tert-OH is 1. The number of hydrogen-bond donors (Lipinski definition) is 2. The summed E-state index contributed by atoms with van der Waals surface area (Å²) in [5, 5.41) is 17.2. The smallest absolute Gasteiger partial charge is 0.188 e. The molecular formula is C9H8N2O2. The Morgan fingerprint density at radius 3 is 2.85 bits per heavy atom. The second kappa shape index (κ2) is 3.70. The third-order valence-electron chi connectivity index (χ3n) is 1.64. The molecule has 0 unspecified atom stereocenters. The maximum atomic E-state index is 11.0. The van der Waals surface area contributed by atoms with E-state index >= 15 is 0 Å². The van der Waals surface area contributed by atoms with E-state index in [2.05, 4.69) is 0 Å². The highest BCUT2D eigenvalue weighted by Crippen LogP contribution is 2.13. The van der Waals surface area contributed by atoms with Crippen molar-refractivity contribution in [2.75, 3.05) is 12.3 Å². The van der Waals surface area contributed by atoms with Crippen LogP contribution in [0.15, 0.2) is 18.2 Å². The third-order valence-corrected chi connectivity index (χ3v) is 1.64. The fraction of sp³-hybridized carbons (Fsp3) is 0.111. The molecule has 0 amide bonds. The van der Waals surface area contributed by atoms with Gasteiger partial charge in [-0.2, -0.15) is 5.26 Å². The molecule has 66 valence electrons. The van der Waals surface area contributed by atoms with Crippen LogP contribution in [0.2, 0.25) is 0 Å². The fourth-order valence-corrected chi connectivity index (χ4v) is 0.918. The lowest BCUT2D eigenvalue weighted by Gasteiger charge is -2.00. The number of nitrogens with two attached hydrogens (primary N) is 1. The fourth-order valence-electron chi connectivity index (χ4n) is 0.918. The van der Waals surface area contributed by atoms with Crippen molar-refractivity contribution in [3.63, 3.8) is 0 Å². The number of benzene rings is 1. The van der Waals surface area contributed by atoms with E-state index in [4.69, 9.17) is 16.1 Å². The summed E-state index contributed by atoms with van der Waals surface area (Å²) in [5.41, 5.74) is 6.32. The van der Waals surface area contributed by atoms with Gasteiger partial charge in [0.05, 0.1) is 5.56 Å². The molecule has 0 atom stereocenters. The highest BCUT2D eigenvalue weighted by atomic mass is 16.3. The minimum absolute atomic E-state index is 0.249. The third kappa shape index (κ3) is 1.83. The summed E-state index contributed by atoms with van der Waals surface area (Å²) in [5.74, 6) is -0.420. The van der Waals surface area contributed by atoms with Gasteiger partial charge in [0.25, 0.3) is 0 Å². The molecule has 0 spiro atoms. The van der Waals surface area contributed by atoms with Crippen LogP contribution in [-0.4, -0.2) is 17.5 Å². The van der Waals surface area contributed by atoms with Gasteiger partial charge in [0.15, 0.2) is 5.78 Å². The zero-order valence-electron chi connectivity index (χ0n) is 6.82. The van der Waals surface area contributed by atoms with Crippen LogP contribution < -0.4 is 5.73 Å². The molecule has 0 aliphatic carbocycles. The number of carbonyl (C=O) groups excluding carboxylic acids is 1. The van der Waals surface area contributed by atoms with Gasteiger partial charge < -0.3 is 10.8 Å². The molecule has 13 heavy (non-hydrogen) atoms. The summed E-state index contributed by atoms with van der Waals surface area (Å²) in [6.45, 7) is -0.561. The van der Waals surface area contributed by atoms with E-state index in [1.165, 1.54) is 18.2 Å². The minimum Gasteiger partial charge on any atom is -0.398 e. The number of ketones is 1. The predicted molar refractivity (Wildman–Crippen MR) is 47.0 cm³/mol. The van der Waals surface area contributed by atoms with Gasteiger partial charge in [0, 0.05) is 11.3 Å². The molecule has 0 saturated carbocycles. The van der Waals surface area contributed by atoms with E-state index in [1.807, 2.05) is 6.07 Å². The van der Waals surface area contributed by atoms with Crippen molar-refractivity contribution in [3.05, 3.63) is 29.3 Å². The number of nitriles is 1. The first-order valence-electron chi connectivity index (χ1n) is 3.62. The van der Waals surface area contributed by atoms with Crippen LogP contribution in [-0.2, 0) is 0 Å². The molecule has 0 heterocycles. The lowest BCUT2D eigenvalue weighted by molar-refractivity contribution is 0.0904. The second-order valence-electron chi connectivity index (χ2n) is 2.50. The van der Waals surface area contributed by atoms with Crippen LogP contribution in [0.3, 0.4) is 0 Å². The lowest BCUT2D eigenvalue weighted by Crippen LogP contribution is -2.05. The van der Waals surface area contributed by atoms with E-state index in [0.717, 1.165) is 0 Å². The Kier molecular flexibility index (Phi) is 2.62. The van der Waals surface area contributed by atoms with Crippen molar-refractivity contribution < 1.29 is 9.90 Å². The topological polar surface area (TPSA) is 87.1 Å². The number of rotatable bonds is 2. The number of anilines is 1. The van der Waals surface area contributed by atoms with Crippen LogP contribution in [0.5, 0.6) is 0 Å². The lowest BCUT2D eigenvalue weighted by atomic mass is 10.1. The van der Waals surface area contributed by atoms with Crippen molar-refractivity contribution in [1.82, 2.24) is 0 Å². The normalized spacial score (nSPS) is 9.23. The Bertz CT molecular complexity index is 380. The molecule has 1 aromatic carbocycles. The van der Waals surface area contributed by atoms with Crippen LogP contribution in [0, 0.1) is 11.3 Å². The first-order chi connectivity index (χ1) is 6.19. The van der Waals surface area contributed by atoms with Crippen molar-refractivity contribution in [1.29, 1.82) is 5.26 Å². The van der Waals surface area contributed by atoms with Gasteiger partial charge in [-0.1, -0.05) is 0 Å². The first kappa shape index (κ1) is 9.23. The molecule has 0 bridgehead atoms. The standard InChI is InChI=1S/C9H8N2O2/c10-4-7-3-6(9(13)5-12)1-2-8(7)11/h1-3,12H,5,11H2. The zero-order chi connectivity index (χ0) is 9.84. The molecule has 0 saturated heterocycles. The molecule has 3 N–H and O–H groups in total. The quantitative estimate of drug-likeness (QED) is 0.501. The summed E-state index contributed by atoms with van der Waals surface area (Å²) >= 11 is 0. The van der Waals surface area contributed by atoms with Crippen LogP contribution in [0.4, 0.5) is 5.69 Å². The number of nitrogens with zero attached hydrogens (tertiary/aromatic N) is 1. The SMILES string of the molecule is N#Cc1cc(C(=O)CO)ccc1N. The van der Waals surface area contributed by atoms with E-state index < -0.39 is 12.4 Å². The monoisotopic (exact) mass is 176 g/mol. The molecule has 0 aromatic heterocycles. The molecule has 0 aliphatic heterocycles. The molecular weight excluding hydrogens is 168 g/mol. The number of hydrogen-bond acceptors (Lipinski definition) is 4. The minimum atomic E-state index is -0.561. The van der Waals surface area contributed by atoms with Gasteiger partial charge in [-0.25, -0.2) is 0 Å². The number of carbonyl (C=O) groups is 1. The Balaban J connectivity index is 3.15. The Labute approximate surface area is 75.2 Å². The van der Waals surface area contributed by atoms with Gasteiger partial charge in [0.1, 0.15) is 12.7 Å². The molecule has 0 fully saturated rings. The van der Waals surface area contributed by atoms with Crippen molar-refractivity contribution >= 4 is 11.5 Å². The Morgan fingerprint density at radius 2 is 2.31 bits per heavy atom. The highest BCUT2D eigenvalue weighted by Gasteiger charge is 2.06. The zero-order valence-corrected chi connectivity index (χ0v) is 6.82. The average molecular weight is 176 g/mol. The van der Waals surface area contributed by atoms with E-state index in [1.54, 1.807) is 0 Å². The van der Waals surface area contributed by atoms with Crippen LogP contribution in [0.25, 0.3) is 0 Å². The Morgan fingerprint density at radius 1 is 1.62 bits per heavy atom. The molecule has 4 nitrogen and oxygen atoms in total.